The Kier molecular flexibility index (Phi) is 3.15. The maximum Gasteiger partial charge on any atom is 0.416 e. The topological polar surface area (TPSA) is 38.0 Å². The van der Waals surface area contributed by atoms with Crippen LogP contribution in [0.5, 0.6) is 0 Å². The Morgan fingerprint density at radius 1 is 1.28 bits per heavy atom. The van der Waals surface area contributed by atoms with E-state index in [1.807, 2.05) is 0 Å². The van der Waals surface area contributed by atoms with Crippen molar-refractivity contribution in [2.45, 2.75) is 32.5 Å². The number of alkyl halides is 3. The Morgan fingerprint density at radius 2 is 1.78 bits per heavy atom. The van der Waals surface area contributed by atoms with Crippen LogP contribution in [0.1, 0.15) is 37.4 Å². The third-order valence-corrected chi connectivity index (χ3v) is 3.77. The number of benzene rings is 1. The quantitative estimate of drug-likeness (QED) is 0.645. The van der Waals surface area contributed by atoms with Gasteiger partial charge in [0.25, 0.3) is 0 Å². The summed E-state index contributed by atoms with van der Waals surface area (Å²) < 4.78 is 37.4. The second-order valence-electron chi connectivity index (χ2n) is 5.56. The van der Waals surface area contributed by atoms with Crippen molar-refractivity contribution in [1.82, 2.24) is 5.43 Å². The Balaban J connectivity index is 2.18. The largest absolute Gasteiger partial charge is 0.416 e. The van der Waals surface area contributed by atoms with Gasteiger partial charge in [0.05, 0.1) is 5.56 Å². The van der Waals surface area contributed by atoms with Crippen molar-refractivity contribution in [3.05, 3.63) is 35.4 Å². The van der Waals surface area contributed by atoms with Crippen molar-refractivity contribution in [3.63, 3.8) is 0 Å². The molecule has 1 saturated carbocycles. The molecule has 1 aromatic rings. The van der Waals surface area contributed by atoms with Gasteiger partial charge in [0.15, 0.2) is 0 Å². The van der Waals surface area contributed by atoms with Crippen LogP contribution >= 0.6 is 0 Å². The fourth-order valence-corrected chi connectivity index (χ4v) is 2.40. The molecule has 0 bridgehead atoms. The van der Waals surface area contributed by atoms with Crippen molar-refractivity contribution >= 4 is 0 Å². The molecule has 0 spiro atoms. The summed E-state index contributed by atoms with van der Waals surface area (Å²) in [5.74, 6) is 5.89. The van der Waals surface area contributed by atoms with Gasteiger partial charge in [0.1, 0.15) is 0 Å². The van der Waals surface area contributed by atoms with Crippen LogP contribution in [-0.4, -0.2) is 0 Å². The lowest BCUT2D eigenvalue weighted by Gasteiger charge is -2.18. The molecule has 18 heavy (non-hydrogen) atoms. The van der Waals surface area contributed by atoms with Crippen LogP contribution in [0.4, 0.5) is 13.2 Å². The number of rotatable bonds is 3. The molecule has 0 saturated heterocycles. The molecule has 1 fully saturated rings. The van der Waals surface area contributed by atoms with Gasteiger partial charge < -0.3 is 0 Å². The van der Waals surface area contributed by atoms with E-state index in [4.69, 9.17) is 5.84 Å². The molecule has 3 N–H and O–H groups in total. The van der Waals surface area contributed by atoms with Crippen LogP contribution < -0.4 is 11.3 Å². The molecule has 100 valence electrons. The first-order chi connectivity index (χ1) is 8.25. The second kappa shape index (κ2) is 4.24. The molecule has 0 aliphatic heterocycles. The van der Waals surface area contributed by atoms with E-state index in [9.17, 15) is 13.2 Å². The smallest absolute Gasteiger partial charge is 0.271 e. The van der Waals surface area contributed by atoms with Crippen LogP contribution in [0, 0.1) is 11.3 Å². The molecule has 2 atom stereocenters. The Bertz CT molecular complexity index is 423. The van der Waals surface area contributed by atoms with Crippen molar-refractivity contribution in [2.75, 3.05) is 0 Å². The van der Waals surface area contributed by atoms with Crippen LogP contribution in [0.25, 0.3) is 0 Å². The Hall–Kier alpha value is -1.07. The van der Waals surface area contributed by atoms with Gasteiger partial charge in [-0.05, 0) is 35.4 Å². The van der Waals surface area contributed by atoms with E-state index in [0.717, 1.165) is 24.1 Å². The van der Waals surface area contributed by atoms with Crippen molar-refractivity contribution in [2.24, 2.45) is 17.2 Å². The van der Waals surface area contributed by atoms with Gasteiger partial charge in [0, 0.05) is 6.04 Å². The summed E-state index contributed by atoms with van der Waals surface area (Å²) >= 11 is 0. The standard InChI is InChI=1S/C13H17F3N2/c1-12(2)7-10(12)11(18-17)8-3-5-9(6-4-8)13(14,15)16/h3-6,10-11,18H,7,17H2,1-2H3. The molecule has 2 rings (SSSR count). The molecular weight excluding hydrogens is 241 g/mol. The summed E-state index contributed by atoms with van der Waals surface area (Å²) in [7, 11) is 0. The highest BCUT2D eigenvalue weighted by atomic mass is 19.4. The zero-order chi connectivity index (χ0) is 13.6. The monoisotopic (exact) mass is 258 g/mol. The third-order valence-electron chi connectivity index (χ3n) is 3.77. The summed E-state index contributed by atoms with van der Waals surface area (Å²) in [5, 5.41) is 0. The van der Waals surface area contributed by atoms with Gasteiger partial charge in [-0.25, -0.2) is 0 Å². The number of nitrogens with one attached hydrogen (secondary N) is 1. The van der Waals surface area contributed by atoms with E-state index in [1.165, 1.54) is 12.1 Å². The van der Waals surface area contributed by atoms with Crippen LogP contribution in [-0.2, 0) is 6.18 Å². The van der Waals surface area contributed by atoms with Gasteiger partial charge >= 0.3 is 6.18 Å². The number of hydrazine groups is 1. The zero-order valence-corrected chi connectivity index (χ0v) is 10.4. The Morgan fingerprint density at radius 3 is 2.11 bits per heavy atom. The van der Waals surface area contributed by atoms with E-state index < -0.39 is 11.7 Å². The van der Waals surface area contributed by atoms with Crippen molar-refractivity contribution in [3.8, 4) is 0 Å². The second-order valence-corrected chi connectivity index (χ2v) is 5.56. The summed E-state index contributed by atoms with van der Waals surface area (Å²) in [6, 6.07) is 5.13. The first-order valence-electron chi connectivity index (χ1n) is 5.89. The van der Waals surface area contributed by atoms with E-state index in [1.54, 1.807) is 0 Å². The van der Waals surface area contributed by atoms with E-state index in [-0.39, 0.29) is 11.5 Å². The van der Waals surface area contributed by atoms with Crippen LogP contribution in [0.15, 0.2) is 24.3 Å². The molecular formula is C13H17F3N2. The highest BCUT2D eigenvalue weighted by Crippen LogP contribution is 2.57. The molecule has 0 amide bonds. The number of hydrogen-bond acceptors (Lipinski definition) is 2. The van der Waals surface area contributed by atoms with Gasteiger partial charge in [-0.2, -0.15) is 13.2 Å². The fourth-order valence-electron chi connectivity index (χ4n) is 2.40. The molecule has 0 radical (unpaired) electrons. The van der Waals surface area contributed by atoms with E-state index in [0.29, 0.717) is 5.92 Å². The molecule has 2 unspecified atom stereocenters. The van der Waals surface area contributed by atoms with Crippen LogP contribution in [0.2, 0.25) is 0 Å². The molecule has 0 heterocycles. The molecule has 1 aromatic carbocycles. The van der Waals surface area contributed by atoms with Gasteiger partial charge in [-0.15, -0.1) is 0 Å². The number of nitrogens with two attached hydrogens (primary N) is 1. The predicted molar refractivity (Wildman–Crippen MR) is 63.4 cm³/mol. The number of hydrogen-bond donors (Lipinski definition) is 2. The lowest BCUT2D eigenvalue weighted by Crippen LogP contribution is -2.30. The SMILES string of the molecule is CC1(C)CC1C(NN)c1ccc(C(F)(F)F)cc1. The minimum Gasteiger partial charge on any atom is -0.271 e. The fraction of sp³-hybridized carbons (Fsp3) is 0.538. The molecule has 1 aliphatic rings. The van der Waals surface area contributed by atoms with Gasteiger partial charge in [0.2, 0.25) is 0 Å². The first kappa shape index (κ1) is 13.4. The van der Waals surface area contributed by atoms with Crippen molar-refractivity contribution in [1.29, 1.82) is 0 Å². The third kappa shape index (κ3) is 2.52. The van der Waals surface area contributed by atoms with Crippen molar-refractivity contribution < 1.29 is 13.2 Å². The normalized spacial score (nSPS) is 23.8. The lowest BCUT2D eigenvalue weighted by molar-refractivity contribution is -0.137. The summed E-state index contributed by atoms with van der Waals surface area (Å²) in [6.07, 6.45) is -3.26. The predicted octanol–water partition coefficient (Wildman–Crippen LogP) is 3.26. The highest BCUT2D eigenvalue weighted by molar-refractivity contribution is 5.28. The Labute approximate surface area is 104 Å². The summed E-state index contributed by atoms with van der Waals surface area (Å²) in [6.45, 7) is 4.26. The van der Waals surface area contributed by atoms with Gasteiger partial charge in [-0.1, -0.05) is 26.0 Å². The van der Waals surface area contributed by atoms with Crippen LogP contribution in [0.3, 0.4) is 0 Å². The minimum absolute atomic E-state index is 0.0812. The summed E-state index contributed by atoms with van der Waals surface area (Å²) in [4.78, 5) is 0. The average molecular weight is 258 g/mol. The van der Waals surface area contributed by atoms with E-state index >= 15 is 0 Å². The summed E-state index contributed by atoms with van der Waals surface area (Å²) in [5.41, 5.74) is 3.10. The zero-order valence-electron chi connectivity index (χ0n) is 10.4. The number of halogens is 3. The molecule has 0 aromatic heterocycles. The maximum atomic E-state index is 12.5. The molecule has 2 nitrogen and oxygen atoms in total. The maximum absolute atomic E-state index is 12.5. The molecule has 1 aliphatic carbocycles. The van der Waals surface area contributed by atoms with E-state index in [2.05, 4.69) is 19.3 Å². The first-order valence-corrected chi connectivity index (χ1v) is 5.89. The minimum atomic E-state index is -4.29. The average Bonchev–Trinajstić information content (AvgIpc) is 2.88. The van der Waals surface area contributed by atoms with Gasteiger partial charge in [-0.3, -0.25) is 11.3 Å². The lowest BCUT2D eigenvalue weighted by atomic mass is 9.97. The highest BCUT2D eigenvalue weighted by Gasteiger charge is 2.50. The molecule has 5 heteroatoms.